The standard InChI is InChI=1S/C12H17N3O3S/c1-7-8(2)19-11(13-7)14-10(18)15-12(4-3-5-12)6-9(16)17/h3-6H2,1-2H3,(H,16,17)(H2,13,14,15,18). The van der Waals surface area contributed by atoms with Gasteiger partial charge in [-0.25, -0.2) is 9.78 Å². The summed E-state index contributed by atoms with van der Waals surface area (Å²) in [5.41, 5.74) is 0.307. The van der Waals surface area contributed by atoms with Crippen molar-refractivity contribution in [3.63, 3.8) is 0 Å². The molecule has 1 aliphatic rings. The second-order valence-corrected chi connectivity index (χ2v) is 6.15. The van der Waals surface area contributed by atoms with Gasteiger partial charge in [0.2, 0.25) is 0 Å². The van der Waals surface area contributed by atoms with Gasteiger partial charge in [-0.05, 0) is 33.1 Å². The van der Waals surface area contributed by atoms with Gasteiger partial charge in [-0.15, -0.1) is 11.3 Å². The number of aliphatic carboxylic acids is 1. The molecular formula is C12H17N3O3S. The zero-order valence-corrected chi connectivity index (χ0v) is 11.8. The van der Waals surface area contributed by atoms with E-state index < -0.39 is 11.5 Å². The first-order valence-corrected chi connectivity index (χ1v) is 6.97. The van der Waals surface area contributed by atoms with Crippen molar-refractivity contribution in [2.24, 2.45) is 0 Å². The Bertz CT molecular complexity index is 489. The summed E-state index contributed by atoms with van der Waals surface area (Å²) in [6, 6.07) is -0.380. The van der Waals surface area contributed by atoms with Crippen LogP contribution in [0.15, 0.2) is 0 Å². The predicted molar refractivity (Wildman–Crippen MR) is 72.6 cm³/mol. The van der Waals surface area contributed by atoms with E-state index >= 15 is 0 Å². The van der Waals surface area contributed by atoms with Crippen LogP contribution in [0.25, 0.3) is 0 Å². The number of nitrogens with one attached hydrogen (secondary N) is 2. The number of anilines is 1. The van der Waals surface area contributed by atoms with E-state index in [1.807, 2.05) is 13.8 Å². The van der Waals surface area contributed by atoms with Crippen molar-refractivity contribution in [2.45, 2.75) is 45.1 Å². The number of thiazole rings is 1. The van der Waals surface area contributed by atoms with Gasteiger partial charge in [0.15, 0.2) is 5.13 Å². The van der Waals surface area contributed by atoms with E-state index in [2.05, 4.69) is 15.6 Å². The van der Waals surface area contributed by atoms with Gasteiger partial charge in [0.05, 0.1) is 17.7 Å². The Balaban J connectivity index is 1.95. The van der Waals surface area contributed by atoms with Gasteiger partial charge in [-0.1, -0.05) is 0 Å². The Morgan fingerprint density at radius 3 is 2.53 bits per heavy atom. The number of carbonyl (C=O) groups excluding carboxylic acids is 1. The SMILES string of the molecule is Cc1nc(NC(=O)NC2(CC(=O)O)CCC2)sc1C. The largest absolute Gasteiger partial charge is 0.481 e. The van der Waals surface area contributed by atoms with Gasteiger partial charge >= 0.3 is 12.0 Å². The van der Waals surface area contributed by atoms with Gasteiger partial charge in [-0.2, -0.15) is 0 Å². The van der Waals surface area contributed by atoms with Crippen LogP contribution in [0.3, 0.4) is 0 Å². The zero-order chi connectivity index (χ0) is 14.0. The van der Waals surface area contributed by atoms with Crippen LogP contribution in [0.4, 0.5) is 9.93 Å². The molecule has 19 heavy (non-hydrogen) atoms. The van der Waals surface area contributed by atoms with Gasteiger partial charge < -0.3 is 10.4 Å². The molecule has 7 heteroatoms. The third-order valence-electron chi connectivity index (χ3n) is 3.43. The number of carboxylic acid groups (broad SMARTS) is 1. The number of urea groups is 1. The van der Waals surface area contributed by atoms with Gasteiger partial charge in [-0.3, -0.25) is 10.1 Å². The summed E-state index contributed by atoms with van der Waals surface area (Å²) in [6.45, 7) is 3.82. The lowest BCUT2D eigenvalue weighted by molar-refractivity contribution is -0.139. The van der Waals surface area contributed by atoms with Crippen LogP contribution in [0.5, 0.6) is 0 Å². The Morgan fingerprint density at radius 1 is 1.42 bits per heavy atom. The molecule has 1 fully saturated rings. The summed E-state index contributed by atoms with van der Waals surface area (Å²) in [5, 5.41) is 14.9. The molecule has 0 atom stereocenters. The third kappa shape index (κ3) is 3.23. The Hall–Kier alpha value is -1.63. The normalized spacial score (nSPS) is 16.5. The number of carbonyl (C=O) groups is 2. The fourth-order valence-electron chi connectivity index (χ4n) is 2.13. The van der Waals surface area contributed by atoms with Gasteiger partial charge in [0.25, 0.3) is 0 Å². The maximum atomic E-state index is 11.9. The van der Waals surface area contributed by atoms with Crippen LogP contribution < -0.4 is 10.6 Å². The molecule has 1 aromatic rings. The van der Waals surface area contributed by atoms with E-state index in [-0.39, 0.29) is 12.5 Å². The number of hydrogen-bond donors (Lipinski definition) is 3. The molecule has 1 saturated carbocycles. The van der Waals surface area contributed by atoms with E-state index in [0.717, 1.165) is 17.0 Å². The van der Waals surface area contributed by atoms with Crippen molar-refractivity contribution in [1.29, 1.82) is 0 Å². The first kappa shape index (κ1) is 13.8. The van der Waals surface area contributed by atoms with Crippen molar-refractivity contribution >= 4 is 28.5 Å². The van der Waals surface area contributed by atoms with Crippen molar-refractivity contribution < 1.29 is 14.7 Å². The number of amides is 2. The fourth-order valence-corrected chi connectivity index (χ4v) is 2.94. The van der Waals surface area contributed by atoms with E-state index in [9.17, 15) is 9.59 Å². The van der Waals surface area contributed by atoms with Crippen LogP contribution in [0.1, 0.15) is 36.3 Å². The molecule has 6 nitrogen and oxygen atoms in total. The summed E-state index contributed by atoms with van der Waals surface area (Å²) in [6.07, 6.45) is 2.34. The molecule has 0 saturated heterocycles. The summed E-state index contributed by atoms with van der Waals surface area (Å²) in [4.78, 5) is 28.0. The molecule has 1 heterocycles. The fraction of sp³-hybridized carbons (Fsp3) is 0.583. The second kappa shape index (κ2) is 5.16. The first-order chi connectivity index (χ1) is 8.90. The lowest BCUT2D eigenvalue weighted by Gasteiger charge is -2.41. The van der Waals surface area contributed by atoms with Crippen LogP contribution >= 0.6 is 11.3 Å². The first-order valence-electron chi connectivity index (χ1n) is 6.15. The number of rotatable bonds is 4. The van der Waals surface area contributed by atoms with E-state index in [1.54, 1.807) is 0 Å². The Morgan fingerprint density at radius 2 is 2.11 bits per heavy atom. The minimum Gasteiger partial charge on any atom is -0.481 e. The lowest BCUT2D eigenvalue weighted by atomic mass is 9.74. The molecule has 0 aliphatic heterocycles. The highest BCUT2D eigenvalue weighted by molar-refractivity contribution is 7.15. The molecule has 3 N–H and O–H groups in total. The number of hydrogen-bond acceptors (Lipinski definition) is 4. The molecule has 2 rings (SSSR count). The lowest BCUT2D eigenvalue weighted by Crippen LogP contribution is -2.55. The molecule has 0 bridgehead atoms. The molecule has 0 aromatic carbocycles. The highest BCUT2D eigenvalue weighted by Gasteiger charge is 2.40. The summed E-state index contributed by atoms with van der Waals surface area (Å²) in [7, 11) is 0. The van der Waals surface area contributed by atoms with E-state index in [4.69, 9.17) is 5.11 Å². The average molecular weight is 283 g/mol. The van der Waals surface area contributed by atoms with Crippen LogP contribution in [0.2, 0.25) is 0 Å². The van der Waals surface area contributed by atoms with Gasteiger partial charge in [0.1, 0.15) is 0 Å². The monoisotopic (exact) mass is 283 g/mol. The maximum Gasteiger partial charge on any atom is 0.321 e. The highest BCUT2D eigenvalue weighted by atomic mass is 32.1. The number of carboxylic acids is 1. The van der Waals surface area contributed by atoms with Crippen molar-refractivity contribution in [1.82, 2.24) is 10.3 Å². The Labute approximate surface area is 115 Å². The maximum absolute atomic E-state index is 11.9. The molecule has 0 spiro atoms. The van der Waals surface area contributed by atoms with Gasteiger partial charge in [0, 0.05) is 4.88 Å². The molecule has 2 amide bonds. The summed E-state index contributed by atoms with van der Waals surface area (Å²) >= 11 is 1.41. The number of nitrogens with zero attached hydrogens (tertiary/aromatic N) is 1. The molecule has 104 valence electrons. The zero-order valence-electron chi connectivity index (χ0n) is 10.9. The van der Waals surface area contributed by atoms with Crippen LogP contribution in [-0.2, 0) is 4.79 Å². The average Bonchev–Trinajstić information content (AvgIpc) is 2.53. The smallest absolute Gasteiger partial charge is 0.321 e. The van der Waals surface area contributed by atoms with Crippen molar-refractivity contribution in [3.8, 4) is 0 Å². The number of aromatic nitrogens is 1. The van der Waals surface area contributed by atoms with Crippen molar-refractivity contribution in [2.75, 3.05) is 5.32 Å². The molecule has 1 aromatic heterocycles. The molecule has 0 unspecified atom stereocenters. The minimum atomic E-state index is -0.888. The topological polar surface area (TPSA) is 91.3 Å². The van der Waals surface area contributed by atoms with Crippen LogP contribution in [0, 0.1) is 13.8 Å². The summed E-state index contributed by atoms with van der Waals surface area (Å²) < 4.78 is 0. The summed E-state index contributed by atoms with van der Waals surface area (Å²) in [5.74, 6) is -0.888. The minimum absolute atomic E-state index is 0.0314. The van der Waals surface area contributed by atoms with Crippen LogP contribution in [-0.4, -0.2) is 27.6 Å². The highest BCUT2D eigenvalue weighted by Crippen LogP contribution is 2.35. The second-order valence-electron chi connectivity index (χ2n) is 4.94. The van der Waals surface area contributed by atoms with E-state index in [0.29, 0.717) is 18.0 Å². The van der Waals surface area contributed by atoms with E-state index in [1.165, 1.54) is 11.3 Å². The molecular weight excluding hydrogens is 266 g/mol. The molecule has 1 aliphatic carbocycles. The third-order valence-corrected chi connectivity index (χ3v) is 4.42. The van der Waals surface area contributed by atoms with Crippen molar-refractivity contribution in [3.05, 3.63) is 10.6 Å². The quantitative estimate of drug-likeness (QED) is 0.790. The molecule has 0 radical (unpaired) electrons. The number of aryl methyl sites for hydroxylation is 2. The Kier molecular flexibility index (Phi) is 3.75. The predicted octanol–water partition coefficient (Wildman–Crippen LogP) is 2.28.